The highest BCUT2D eigenvalue weighted by molar-refractivity contribution is 5.98. The average Bonchev–Trinajstić information content (AvgIpc) is 3.11. The van der Waals surface area contributed by atoms with Crippen LogP contribution in [0.3, 0.4) is 0 Å². The number of aryl methyl sites for hydroxylation is 1. The van der Waals surface area contributed by atoms with Crippen molar-refractivity contribution in [2.24, 2.45) is 11.7 Å². The monoisotopic (exact) mass is 381 g/mol. The smallest absolute Gasteiger partial charge is 0.334 e. The third-order valence-electron chi connectivity index (χ3n) is 4.99. The Balaban J connectivity index is 2.01. The minimum absolute atomic E-state index is 0.0962. The molecule has 2 heterocycles. The second-order valence-electron chi connectivity index (χ2n) is 6.95. The molecule has 0 radical (unpaired) electrons. The maximum absolute atomic E-state index is 13.3. The molecule has 0 spiro atoms. The number of nitrogens with two attached hydrogens (primary N) is 1. The van der Waals surface area contributed by atoms with Gasteiger partial charge >= 0.3 is 6.18 Å². The fourth-order valence-electron chi connectivity index (χ4n) is 3.55. The summed E-state index contributed by atoms with van der Waals surface area (Å²) in [5.41, 5.74) is 7.27. The number of hydrogen-bond donors (Lipinski definition) is 1. The van der Waals surface area contributed by atoms with Gasteiger partial charge in [-0.1, -0.05) is 18.6 Å². The molecule has 1 aliphatic heterocycles. The van der Waals surface area contributed by atoms with E-state index < -0.39 is 12.0 Å². The molecular formula is C18H22F3N5O. The summed E-state index contributed by atoms with van der Waals surface area (Å²) < 4.78 is 39.5. The number of alkyl halides is 3. The Morgan fingerprint density at radius 1 is 1.37 bits per heavy atom. The number of amides is 1. The van der Waals surface area contributed by atoms with Crippen LogP contribution >= 0.6 is 0 Å². The Kier molecular flexibility index (Phi) is 5.23. The zero-order chi connectivity index (χ0) is 19.8. The summed E-state index contributed by atoms with van der Waals surface area (Å²) in [5, 5.41) is 3.51. The van der Waals surface area contributed by atoms with Crippen molar-refractivity contribution >= 4 is 5.91 Å². The van der Waals surface area contributed by atoms with E-state index in [-0.39, 0.29) is 23.6 Å². The fraction of sp³-hybridized carbons (Fsp3) is 0.500. The Labute approximate surface area is 155 Å². The van der Waals surface area contributed by atoms with Gasteiger partial charge in [-0.3, -0.25) is 4.79 Å². The van der Waals surface area contributed by atoms with Crippen molar-refractivity contribution in [1.29, 1.82) is 0 Å². The Bertz CT molecular complexity index is 833. The van der Waals surface area contributed by atoms with Crippen molar-refractivity contribution in [3.63, 3.8) is 0 Å². The first-order chi connectivity index (χ1) is 12.7. The summed E-state index contributed by atoms with van der Waals surface area (Å²) in [4.78, 5) is 18.3. The molecule has 0 aliphatic carbocycles. The lowest BCUT2D eigenvalue weighted by molar-refractivity contribution is -0.144. The molecule has 6 nitrogen and oxygen atoms in total. The number of likely N-dealkylation sites (tertiary alicyclic amines) is 1. The topological polar surface area (TPSA) is 77.0 Å². The molecular weight excluding hydrogens is 359 g/mol. The maximum atomic E-state index is 13.3. The fourth-order valence-corrected chi connectivity index (χ4v) is 3.55. The molecule has 2 N–H and O–H groups in total. The number of aromatic nitrogens is 3. The van der Waals surface area contributed by atoms with Gasteiger partial charge in [-0.25, -0.2) is 9.67 Å². The number of hydrogen-bond acceptors (Lipinski definition) is 4. The molecule has 1 saturated heterocycles. The van der Waals surface area contributed by atoms with E-state index in [9.17, 15) is 18.0 Å². The van der Waals surface area contributed by atoms with Crippen LogP contribution in [0.1, 0.15) is 41.5 Å². The third-order valence-corrected chi connectivity index (χ3v) is 4.99. The highest BCUT2D eigenvalue weighted by Crippen LogP contribution is 2.28. The van der Waals surface area contributed by atoms with Crippen LogP contribution < -0.4 is 5.73 Å². The standard InChI is InChI=1S/C18H22F3N5O/c1-11-5-6-14(26-10-23-17(24-26)18(19,20)21)13(8-11)16(27)25-7-3-4-12(2)15(25)9-22/h5-6,8,10,12,15H,3-4,7,9,22H2,1-2H3/t12-,15?/m1/s1. The second-order valence-corrected chi connectivity index (χ2v) is 6.95. The second kappa shape index (κ2) is 7.30. The van der Waals surface area contributed by atoms with Crippen molar-refractivity contribution < 1.29 is 18.0 Å². The van der Waals surface area contributed by atoms with Crippen LogP contribution in [0.5, 0.6) is 0 Å². The number of benzene rings is 1. The molecule has 9 heteroatoms. The lowest BCUT2D eigenvalue weighted by Gasteiger charge is -2.39. The van der Waals surface area contributed by atoms with Gasteiger partial charge in [0.1, 0.15) is 6.33 Å². The predicted octanol–water partition coefficient (Wildman–Crippen LogP) is 2.79. The molecule has 146 valence electrons. The van der Waals surface area contributed by atoms with Crippen LogP contribution in [-0.4, -0.2) is 44.7 Å². The number of halogens is 3. The van der Waals surface area contributed by atoms with Gasteiger partial charge in [-0.15, -0.1) is 5.10 Å². The van der Waals surface area contributed by atoms with Crippen LogP contribution in [0.25, 0.3) is 5.69 Å². The number of nitrogens with zero attached hydrogens (tertiary/aromatic N) is 4. The van der Waals surface area contributed by atoms with Gasteiger partial charge < -0.3 is 10.6 Å². The van der Waals surface area contributed by atoms with E-state index in [4.69, 9.17) is 5.73 Å². The minimum Gasteiger partial charge on any atom is -0.334 e. The average molecular weight is 381 g/mol. The molecule has 1 amide bonds. The van der Waals surface area contributed by atoms with Crippen LogP contribution in [0.15, 0.2) is 24.5 Å². The number of carbonyl (C=O) groups excluding carboxylic acids is 1. The van der Waals surface area contributed by atoms with E-state index >= 15 is 0 Å². The molecule has 0 saturated carbocycles. The van der Waals surface area contributed by atoms with Gasteiger partial charge in [0.05, 0.1) is 11.3 Å². The summed E-state index contributed by atoms with van der Waals surface area (Å²) in [5.74, 6) is -1.23. The maximum Gasteiger partial charge on any atom is 0.453 e. The Morgan fingerprint density at radius 2 is 2.11 bits per heavy atom. The van der Waals surface area contributed by atoms with Gasteiger partial charge in [0.15, 0.2) is 0 Å². The van der Waals surface area contributed by atoms with E-state index in [1.807, 2.05) is 6.92 Å². The molecule has 3 rings (SSSR count). The van der Waals surface area contributed by atoms with Gasteiger partial charge in [0.25, 0.3) is 11.7 Å². The molecule has 27 heavy (non-hydrogen) atoms. The van der Waals surface area contributed by atoms with E-state index in [0.29, 0.717) is 18.7 Å². The van der Waals surface area contributed by atoms with Gasteiger partial charge in [-0.05, 0) is 37.8 Å². The van der Waals surface area contributed by atoms with Crippen molar-refractivity contribution in [1.82, 2.24) is 19.7 Å². The largest absolute Gasteiger partial charge is 0.453 e. The highest BCUT2D eigenvalue weighted by Gasteiger charge is 2.37. The summed E-state index contributed by atoms with van der Waals surface area (Å²) in [6.07, 6.45) is -1.81. The summed E-state index contributed by atoms with van der Waals surface area (Å²) in [6, 6.07) is 4.88. The van der Waals surface area contributed by atoms with Crippen molar-refractivity contribution in [3.8, 4) is 5.69 Å². The number of piperidine rings is 1. The first kappa shape index (κ1) is 19.3. The van der Waals surface area contributed by atoms with Gasteiger partial charge in [0.2, 0.25) is 0 Å². The third kappa shape index (κ3) is 3.83. The van der Waals surface area contributed by atoms with E-state index in [0.717, 1.165) is 29.4 Å². The van der Waals surface area contributed by atoms with E-state index in [1.165, 1.54) is 0 Å². The predicted molar refractivity (Wildman–Crippen MR) is 93.4 cm³/mol. The quantitative estimate of drug-likeness (QED) is 0.887. The number of carbonyl (C=O) groups is 1. The summed E-state index contributed by atoms with van der Waals surface area (Å²) >= 11 is 0. The molecule has 0 bridgehead atoms. The van der Waals surface area contributed by atoms with Crippen molar-refractivity contribution in [2.75, 3.05) is 13.1 Å². The molecule has 1 aliphatic rings. The van der Waals surface area contributed by atoms with Gasteiger partial charge in [0, 0.05) is 19.1 Å². The van der Waals surface area contributed by atoms with Gasteiger partial charge in [-0.2, -0.15) is 13.2 Å². The summed E-state index contributed by atoms with van der Waals surface area (Å²) in [7, 11) is 0. The first-order valence-electron chi connectivity index (χ1n) is 8.83. The lowest BCUT2D eigenvalue weighted by atomic mass is 9.90. The molecule has 1 fully saturated rings. The molecule has 1 unspecified atom stereocenters. The van der Waals surface area contributed by atoms with Crippen LogP contribution in [0.4, 0.5) is 13.2 Å². The minimum atomic E-state index is -4.65. The van der Waals surface area contributed by atoms with E-state index in [2.05, 4.69) is 17.0 Å². The van der Waals surface area contributed by atoms with Crippen molar-refractivity contribution in [3.05, 3.63) is 41.5 Å². The van der Waals surface area contributed by atoms with Crippen LogP contribution in [0.2, 0.25) is 0 Å². The highest BCUT2D eigenvalue weighted by atomic mass is 19.4. The van der Waals surface area contributed by atoms with Crippen LogP contribution in [0, 0.1) is 12.8 Å². The first-order valence-corrected chi connectivity index (χ1v) is 8.83. The molecule has 2 atom stereocenters. The molecule has 1 aromatic carbocycles. The lowest BCUT2D eigenvalue weighted by Crippen LogP contribution is -2.51. The zero-order valence-electron chi connectivity index (χ0n) is 15.2. The normalized spacial score (nSPS) is 20.7. The Hall–Kier alpha value is -2.42. The molecule has 1 aromatic heterocycles. The van der Waals surface area contributed by atoms with Crippen LogP contribution in [-0.2, 0) is 6.18 Å². The molecule has 2 aromatic rings. The summed E-state index contributed by atoms with van der Waals surface area (Å²) in [6.45, 7) is 4.79. The van der Waals surface area contributed by atoms with E-state index in [1.54, 1.807) is 23.1 Å². The Morgan fingerprint density at radius 3 is 2.74 bits per heavy atom. The zero-order valence-corrected chi connectivity index (χ0v) is 15.2. The van der Waals surface area contributed by atoms with Crippen molar-refractivity contribution in [2.45, 2.75) is 38.9 Å². The number of rotatable bonds is 3. The SMILES string of the molecule is Cc1ccc(-n2cnc(C(F)(F)F)n2)c(C(=O)N2CCC[C@@H](C)C2CN)c1.